The number of hydrogen-bond donors (Lipinski definition) is 2. The van der Waals surface area contributed by atoms with Crippen molar-refractivity contribution in [3.05, 3.63) is 32.6 Å². The Morgan fingerprint density at radius 3 is 2.83 bits per heavy atom. The van der Waals surface area contributed by atoms with Gasteiger partial charge in [0.15, 0.2) is 0 Å². The molecular formula is C15H22N2O7. The lowest BCUT2D eigenvalue weighted by Crippen LogP contribution is -2.33. The highest BCUT2D eigenvalue weighted by Gasteiger charge is 2.39. The average Bonchev–Trinajstić information content (AvgIpc) is 2.91. The molecule has 1 aliphatic heterocycles. The fourth-order valence-corrected chi connectivity index (χ4v) is 2.40. The number of aromatic nitrogens is 2. The maximum Gasteiger partial charge on any atom is 0.332 e. The molecule has 9 nitrogen and oxygen atoms in total. The molecule has 24 heavy (non-hydrogen) atoms. The van der Waals surface area contributed by atoms with Gasteiger partial charge >= 0.3 is 11.7 Å². The second-order valence-corrected chi connectivity index (χ2v) is 5.91. The second kappa shape index (κ2) is 7.73. The molecule has 2 rings (SSSR count). The lowest BCUT2D eigenvalue weighted by atomic mass is 10.2. The maximum atomic E-state index is 11.9. The lowest BCUT2D eigenvalue weighted by Gasteiger charge is -2.17. The van der Waals surface area contributed by atoms with E-state index in [-0.39, 0.29) is 25.7 Å². The first-order valence-corrected chi connectivity index (χ1v) is 7.71. The monoisotopic (exact) mass is 342 g/mol. The van der Waals surface area contributed by atoms with Crippen molar-refractivity contribution in [2.24, 2.45) is 0 Å². The summed E-state index contributed by atoms with van der Waals surface area (Å²) in [7, 11) is 0. The summed E-state index contributed by atoms with van der Waals surface area (Å²) >= 11 is 0. The Hall–Kier alpha value is -1.97. The Kier molecular flexibility index (Phi) is 5.92. The number of aliphatic hydroxyl groups is 1. The normalized spacial score (nSPS) is 23.6. The van der Waals surface area contributed by atoms with Crippen LogP contribution in [0.15, 0.2) is 15.8 Å². The van der Waals surface area contributed by atoms with Gasteiger partial charge in [-0.25, -0.2) is 9.59 Å². The van der Waals surface area contributed by atoms with Crippen LogP contribution in [0.4, 0.5) is 0 Å². The van der Waals surface area contributed by atoms with Crippen LogP contribution in [-0.2, 0) is 19.0 Å². The molecule has 1 aromatic rings. The minimum absolute atomic E-state index is 0.110. The molecule has 1 fully saturated rings. The summed E-state index contributed by atoms with van der Waals surface area (Å²) in [6, 6.07) is 0. The molecule has 1 saturated heterocycles. The molecule has 1 aliphatic rings. The molecule has 0 bridgehead atoms. The molecule has 0 spiro atoms. The average molecular weight is 342 g/mol. The number of carbonyl (C=O) groups is 1. The Bertz CT molecular complexity index is 694. The fourth-order valence-electron chi connectivity index (χ4n) is 2.40. The molecule has 0 aliphatic carbocycles. The first-order chi connectivity index (χ1) is 11.3. The predicted octanol–water partition coefficient (Wildman–Crippen LogP) is -0.538. The van der Waals surface area contributed by atoms with E-state index in [1.54, 1.807) is 20.8 Å². The van der Waals surface area contributed by atoms with Gasteiger partial charge in [-0.2, -0.15) is 0 Å². The van der Waals surface area contributed by atoms with Crippen molar-refractivity contribution >= 4 is 5.97 Å². The minimum Gasteiger partial charge on any atom is -0.458 e. The molecule has 2 heterocycles. The van der Waals surface area contributed by atoms with Crippen LogP contribution in [0.25, 0.3) is 0 Å². The summed E-state index contributed by atoms with van der Waals surface area (Å²) in [5.74, 6) is -0.568. The summed E-state index contributed by atoms with van der Waals surface area (Å²) in [5, 5.41) is 9.41. The van der Waals surface area contributed by atoms with Crippen LogP contribution < -0.4 is 11.2 Å². The van der Waals surface area contributed by atoms with Gasteiger partial charge in [-0.05, 0) is 20.8 Å². The molecule has 0 amide bonds. The number of rotatable bonds is 6. The van der Waals surface area contributed by atoms with Crippen LogP contribution in [0.5, 0.6) is 0 Å². The maximum absolute atomic E-state index is 11.9. The van der Waals surface area contributed by atoms with Gasteiger partial charge in [0, 0.05) is 18.2 Å². The van der Waals surface area contributed by atoms with Crippen LogP contribution in [0.1, 0.15) is 32.1 Å². The predicted molar refractivity (Wildman–Crippen MR) is 82.6 cm³/mol. The zero-order chi connectivity index (χ0) is 17.9. The Morgan fingerprint density at radius 2 is 2.21 bits per heavy atom. The van der Waals surface area contributed by atoms with Crippen molar-refractivity contribution in [1.29, 1.82) is 0 Å². The third-order valence-electron chi connectivity index (χ3n) is 3.63. The highest BCUT2D eigenvalue weighted by molar-refractivity contribution is 5.71. The second-order valence-electron chi connectivity index (χ2n) is 5.91. The third-order valence-corrected chi connectivity index (χ3v) is 3.63. The van der Waals surface area contributed by atoms with Crippen LogP contribution in [0, 0.1) is 6.92 Å². The number of aromatic amines is 1. The SMILES string of the molecule is Cc1cn([C@H]2C[C@H](OC(=O)COC(C)C)[C@@H](CO)O2)c(=O)[nH]c1=O. The molecule has 3 atom stereocenters. The van der Waals surface area contributed by atoms with Crippen molar-refractivity contribution in [3.8, 4) is 0 Å². The highest BCUT2D eigenvalue weighted by atomic mass is 16.6. The summed E-state index contributed by atoms with van der Waals surface area (Å²) in [6.45, 7) is 4.59. The molecule has 0 radical (unpaired) electrons. The topological polar surface area (TPSA) is 120 Å². The largest absolute Gasteiger partial charge is 0.458 e. The first kappa shape index (κ1) is 18.4. The van der Waals surface area contributed by atoms with Crippen molar-refractivity contribution in [2.75, 3.05) is 13.2 Å². The zero-order valence-electron chi connectivity index (χ0n) is 13.9. The van der Waals surface area contributed by atoms with E-state index in [4.69, 9.17) is 14.2 Å². The number of ether oxygens (including phenoxy) is 3. The van der Waals surface area contributed by atoms with Gasteiger partial charge in [0.05, 0.1) is 12.7 Å². The van der Waals surface area contributed by atoms with E-state index in [1.165, 1.54) is 10.8 Å². The standard InChI is InChI=1S/C15H22N2O7/c1-8(2)22-7-13(19)24-10-4-12(23-11(10)6-18)17-5-9(3)14(20)16-15(17)21/h5,8,10-12,18H,4,6-7H2,1-3H3,(H,16,20,21)/t10-,11+,12+/m0/s1. The zero-order valence-corrected chi connectivity index (χ0v) is 13.9. The minimum atomic E-state index is -0.753. The molecule has 134 valence electrons. The van der Waals surface area contributed by atoms with E-state index in [0.29, 0.717) is 5.56 Å². The Labute approximate surface area is 138 Å². The molecule has 0 saturated carbocycles. The third kappa shape index (κ3) is 4.31. The fraction of sp³-hybridized carbons (Fsp3) is 0.667. The van der Waals surface area contributed by atoms with Crippen molar-refractivity contribution in [3.63, 3.8) is 0 Å². The number of hydrogen-bond acceptors (Lipinski definition) is 7. The van der Waals surface area contributed by atoms with E-state index in [9.17, 15) is 19.5 Å². The van der Waals surface area contributed by atoms with E-state index >= 15 is 0 Å². The van der Waals surface area contributed by atoms with Crippen LogP contribution in [0.3, 0.4) is 0 Å². The van der Waals surface area contributed by atoms with Gasteiger partial charge in [-0.1, -0.05) is 0 Å². The van der Waals surface area contributed by atoms with E-state index in [2.05, 4.69) is 4.98 Å². The molecule has 0 aromatic carbocycles. The Balaban J connectivity index is 2.09. The summed E-state index contributed by atoms with van der Waals surface area (Å²) in [4.78, 5) is 37.3. The number of aliphatic hydroxyl groups excluding tert-OH is 1. The number of esters is 1. The quantitative estimate of drug-likeness (QED) is 0.666. The van der Waals surface area contributed by atoms with Crippen molar-refractivity contribution in [2.45, 2.75) is 51.7 Å². The van der Waals surface area contributed by atoms with E-state index in [1.807, 2.05) is 0 Å². The smallest absolute Gasteiger partial charge is 0.332 e. The first-order valence-electron chi connectivity index (χ1n) is 7.71. The van der Waals surface area contributed by atoms with Gasteiger partial charge in [0.2, 0.25) is 0 Å². The summed E-state index contributed by atoms with van der Waals surface area (Å²) in [5.41, 5.74) is -0.742. The molecule has 0 unspecified atom stereocenters. The summed E-state index contributed by atoms with van der Waals surface area (Å²) < 4.78 is 17.2. The van der Waals surface area contributed by atoms with E-state index < -0.39 is 35.7 Å². The number of carbonyl (C=O) groups excluding carboxylic acids is 1. The van der Waals surface area contributed by atoms with E-state index in [0.717, 1.165) is 0 Å². The van der Waals surface area contributed by atoms with Crippen LogP contribution >= 0.6 is 0 Å². The van der Waals surface area contributed by atoms with Gasteiger partial charge in [-0.3, -0.25) is 14.3 Å². The Morgan fingerprint density at radius 1 is 1.50 bits per heavy atom. The number of H-pyrrole nitrogens is 1. The van der Waals surface area contributed by atoms with Gasteiger partial charge in [0.25, 0.3) is 5.56 Å². The lowest BCUT2D eigenvalue weighted by molar-refractivity contribution is -0.159. The van der Waals surface area contributed by atoms with Crippen molar-refractivity contribution < 1.29 is 24.1 Å². The molecular weight excluding hydrogens is 320 g/mol. The number of nitrogens with zero attached hydrogens (tertiary/aromatic N) is 1. The van der Waals surface area contributed by atoms with Gasteiger partial charge in [-0.15, -0.1) is 0 Å². The summed E-state index contributed by atoms with van der Waals surface area (Å²) in [6.07, 6.45) is -0.744. The molecule has 9 heteroatoms. The van der Waals surface area contributed by atoms with Gasteiger partial charge in [0.1, 0.15) is 25.0 Å². The van der Waals surface area contributed by atoms with Crippen LogP contribution in [0.2, 0.25) is 0 Å². The van der Waals surface area contributed by atoms with Crippen molar-refractivity contribution in [1.82, 2.24) is 9.55 Å². The molecule has 2 N–H and O–H groups in total. The molecule has 1 aromatic heterocycles. The number of aryl methyl sites for hydroxylation is 1. The number of nitrogens with one attached hydrogen (secondary N) is 1. The van der Waals surface area contributed by atoms with Gasteiger partial charge < -0.3 is 19.3 Å². The van der Waals surface area contributed by atoms with Crippen LogP contribution in [-0.4, -0.2) is 52.2 Å². The highest BCUT2D eigenvalue weighted by Crippen LogP contribution is 2.29.